The molecule has 0 aromatic carbocycles. The zero-order chi connectivity index (χ0) is 15.4. The van der Waals surface area contributed by atoms with Crippen molar-refractivity contribution in [2.75, 3.05) is 0 Å². The summed E-state index contributed by atoms with van der Waals surface area (Å²) in [6.45, 7) is 2.45. The van der Waals surface area contributed by atoms with Crippen molar-refractivity contribution >= 4 is 11.9 Å². The van der Waals surface area contributed by atoms with Crippen LogP contribution in [0.4, 0.5) is 0 Å². The lowest BCUT2D eigenvalue weighted by Gasteiger charge is -2.07. The number of aryl methyl sites for hydroxylation is 2. The molecule has 0 unspecified atom stereocenters. The minimum atomic E-state index is -0.928. The zero-order valence-electron chi connectivity index (χ0n) is 11.9. The van der Waals surface area contributed by atoms with Crippen LogP contribution in [-0.2, 0) is 24.9 Å². The second kappa shape index (κ2) is 6.21. The van der Waals surface area contributed by atoms with Crippen molar-refractivity contribution in [2.45, 2.75) is 26.4 Å². The predicted octanol–water partition coefficient (Wildman–Crippen LogP) is 0.330. The van der Waals surface area contributed by atoms with Crippen LogP contribution in [0.15, 0.2) is 18.5 Å². The molecule has 2 rings (SSSR count). The van der Waals surface area contributed by atoms with Crippen LogP contribution in [0.1, 0.15) is 28.2 Å². The van der Waals surface area contributed by atoms with Crippen LogP contribution in [0.3, 0.4) is 0 Å². The van der Waals surface area contributed by atoms with Gasteiger partial charge in [-0.1, -0.05) is 0 Å². The average Bonchev–Trinajstić information content (AvgIpc) is 3.03. The van der Waals surface area contributed by atoms with Crippen LogP contribution >= 0.6 is 0 Å². The Morgan fingerprint density at radius 1 is 1.38 bits per heavy atom. The van der Waals surface area contributed by atoms with Gasteiger partial charge in [0.1, 0.15) is 5.69 Å². The summed E-state index contributed by atoms with van der Waals surface area (Å²) >= 11 is 0. The topological polar surface area (TPSA) is 102 Å². The quantitative estimate of drug-likeness (QED) is 0.798. The Morgan fingerprint density at radius 3 is 2.76 bits per heavy atom. The van der Waals surface area contributed by atoms with E-state index in [0.717, 1.165) is 11.3 Å². The van der Waals surface area contributed by atoms with Gasteiger partial charge in [0.25, 0.3) is 5.91 Å². The Balaban J connectivity index is 1.99. The van der Waals surface area contributed by atoms with Crippen molar-refractivity contribution in [3.8, 4) is 0 Å². The number of rotatable bonds is 6. The van der Waals surface area contributed by atoms with E-state index in [1.165, 1.54) is 10.9 Å². The van der Waals surface area contributed by atoms with Crippen LogP contribution in [0.5, 0.6) is 0 Å². The Morgan fingerprint density at radius 2 is 2.14 bits per heavy atom. The summed E-state index contributed by atoms with van der Waals surface area (Å²) in [6, 6.07) is 1.56. The van der Waals surface area contributed by atoms with Crippen molar-refractivity contribution in [2.24, 2.45) is 7.05 Å². The molecule has 0 radical (unpaired) electrons. The van der Waals surface area contributed by atoms with Crippen LogP contribution in [-0.4, -0.2) is 36.5 Å². The third-order valence-corrected chi connectivity index (χ3v) is 3.26. The Kier molecular flexibility index (Phi) is 4.36. The van der Waals surface area contributed by atoms with Gasteiger partial charge in [-0.15, -0.1) is 0 Å². The first-order valence-electron chi connectivity index (χ1n) is 6.48. The highest BCUT2D eigenvalue weighted by Crippen LogP contribution is 2.06. The summed E-state index contributed by atoms with van der Waals surface area (Å²) in [7, 11) is 1.83. The molecule has 0 atom stereocenters. The SMILES string of the molecule is Cc1c(CNC(=O)c2ccnn2CCC(=O)O)cnn1C. The minimum absolute atomic E-state index is 0.0797. The molecule has 0 spiro atoms. The highest BCUT2D eigenvalue weighted by molar-refractivity contribution is 5.92. The minimum Gasteiger partial charge on any atom is -0.481 e. The first-order chi connectivity index (χ1) is 9.99. The van der Waals surface area contributed by atoms with Crippen molar-refractivity contribution in [3.05, 3.63) is 35.4 Å². The molecular formula is C13H17N5O3. The molecule has 2 aromatic heterocycles. The summed E-state index contributed by atoms with van der Waals surface area (Å²) < 4.78 is 3.12. The molecule has 1 amide bonds. The lowest BCUT2D eigenvalue weighted by atomic mass is 10.2. The second-order valence-electron chi connectivity index (χ2n) is 4.64. The maximum Gasteiger partial charge on any atom is 0.305 e. The van der Waals surface area contributed by atoms with Crippen LogP contribution in [0.2, 0.25) is 0 Å². The maximum atomic E-state index is 12.1. The molecule has 2 N–H and O–H groups in total. The first-order valence-corrected chi connectivity index (χ1v) is 6.48. The molecule has 0 aliphatic rings. The highest BCUT2D eigenvalue weighted by atomic mass is 16.4. The number of carboxylic acids is 1. The fraction of sp³-hybridized carbons (Fsp3) is 0.385. The molecule has 112 valence electrons. The standard InChI is InChI=1S/C13H17N5O3/c1-9-10(8-16-17(9)2)7-14-13(21)11-3-5-15-18(11)6-4-12(19)20/h3,5,8H,4,6-7H2,1-2H3,(H,14,21)(H,19,20). The van der Waals surface area contributed by atoms with Gasteiger partial charge < -0.3 is 10.4 Å². The summed E-state index contributed by atoms with van der Waals surface area (Å²) in [5, 5.41) is 19.5. The molecule has 0 saturated carbocycles. The van der Waals surface area contributed by atoms with Gasteiger partial charge in [-0.2, -0.15) is 10.2 Å². The lowest BCUT2D eigenvalue weighted by Crippen LogP contribution is -2.26. The number of nitrogens with one attached hydrogen (secondary N) is 1. The summed E-state index contributed by atoms with van der Waals surface area (Å²) in [4.78, 5) is 22.7. The Labute approximate surface area is 121 Å². The van der Waals surface area contributed by atoms with E-state index in [-0.39, 0.29) is 18.9 Å². The molecular weight excluding hydrogens is 274 g/mol. The fourth-order valence-electron chi connectivity index (χ4n) is 1.89. The first kappa shape index (κ1) is 14.8. The van der Waals surface area contributed by atoms with E-state index in [1.807, 2.05) is 14.0 Å². The van der Waals surface area contributed by atoms with Gasteiger partial charge in [-0.3, -0.25) is 19.0 Å². The van der Waals surface area contributed by atoms with Crippen molar-refractivity contribution in [3.63, 3.8) is 0 Å². The normalized spacial score (nSPS) is 10.6. The van der Waals surface area contributed by atoms with Gasteiger partial charge in [-0.25, -0.2) is 0 Å². The largest absolute Gasteiger partial charge is 0.481 e. The number of carbonyl (C=O) groups is 2. The zero-order valence-corrected chi connectivity index (χ0v) is 11.9. The number of amides is 1. The average molecular weight is 291 g/mol. The number of carboxylic acid groups (broad SMARTS) is 1. The van der Waals surface area contributed by atoms with E-state index in [9.17, 15) is 9.59 Å². The third-order valence-electron chi connectivity index (χ3n) is 3.26. The van der Waals surface area contributed by atoms with Gasteiger partial charge >= 0.3 is 5.97 Å². The number of carbonyl (C=O) groups excluding carboxylic acids is 1. The molecule has 0 aliphatic carbocycles. The summed E-state index contributed by atoms with van der Waals surface area (Å²) in [6.07, 6.45) is 3.10. The lowest BCUT2D eigenvalue weighted by molar-refractivity contribution is -0.137. The monoisotopic (exact) mass is 291 g/mol. The number of aromatic nitrogens is 4. The van der Waals surface area contributed by atoms with Gasteiger partial charge in [0.15, 0.2) is 0 Å². The van der Waals surface area contributed by atoms with Crippen molar-refractivity contribution in [1.29, 1.82) is 0 Å². The second-order valence-corrected chi connectivity index (χ2v) is 4.64. The van der Waals surface area contributed by atoms with E-state index < -0.39 is 5.97 Å². The third kappa shape index (κ3) is 3.47. The molecule has 8 heteroatoms. The van der Waals surface area contributed by atoms with Crippen LogP contribution in [0.25, 0.3) is 0 Å². The smallest absolute Gasteiger partial charge is 0.305 e. The summed E-state index contributed by atoms with van der Waals surface area (Å²) in [5.41, 5.74) is 2.26. The number of nitrogens with zero attached hydrogens (tertiary/aromatic N) is 4. The Hall–Kier alpha value is -2.64. The molecule has 0 bridgehead atoms. The molecule has 0 saturated heterocycles. The predicted molar refractivity (Wildman–Crippen MR) is 73.6 cm³/mol. The van der Waals surface area contributed by atoms with E-state index >= 15 is 0 Å². The van der Waals surface area contributed by atoms with Gasteiger partial charge in [0.2, 0.25) is 0 Å². The van der Waals surface area contributed by atoms with Gasteiger partial charge in [0, 0.05) is 31.0 Å². The highest BCUT2D eigenvalue weighted by Gasteiger charge is 2.13. The van der Waals surface area contributed by atoms with Gasteiger partial charge in [0.05, 0.1) is 19.2 Å². The van der Waals surface area contributed by atoms with E-state index in [2.05, 4.69) is 15.5 Å². The molecule has 0 aliphatic heterocycles. The van der Waals surface area contributed by atoms with Crippen molar-refractivity contribution in [1.82, 2.24) is 24.9 Å². The van der Waals surface area contributed by atoms with Crippen molar-refractivity contribution < 1.29 is 14.7 Å². The van der Waals surface area contributed by atoms with E-state index in [0.29, 0.717) is 12.2 Å². The maximum absolute atomic E-state index is 12.1. The fourth-order valence-corrected chi connectivity index (χ4v) is 1.89. The number of hydrogen-bond donors (Lipinski definition) is 2. The van der Waals surface area contributed by atoms with Gasteiger partial charge in [-0.05, 0) is 13.0 Å². The molecule has 0 fully saturated rings. The summed E-state index contributed by atoms with van der Waals surface area (Å²) in [5.74, 6) is -1.22. The molecule has 2 heterocycles. The van der Waals surface area contributed by atoms with E-state index in [4.69, 9.17) is 5.11 Å². The molecule has 8 nitrogen and oxygen atoms in total. The van der Waals surface area contributed by atoms with E-state index in [1.54, 1.807) is 16.9 Å². The molecule has 21 heavy (non-hydrogen) atoms. The van der Waals surface area contributed by atoms with Crippen LogP contribution in [0, 0.1) is 6.92 Å². The number of aliphatic carboxylic acids is 1. The molecule has 2 aromatic rings. The Bertz CT molecular complexity index is 659. The number of hydrogen-bond acceptors (Lipinski definition) is 4. The van der Waals surface area contributed by atoms with Crippen LogP contribution < -0.4 is 5.32 Å².